The molecule has 0 aliphatic carbocycles. The van der Waals surface area contributed by atoms with Crippen LogP contribution in [0, 0.1) is 23.2 Å². The Morgan fingerprint density at radius 1 is 1.39 bits per heavy atom. The molecule has 1 aromatic carbocycles. The third kappa shape index (κ3) is 2.23. The molecule has 2 aromatic rings. The fourth-order valence-electron chi connectivity index (χ4n) is 1.85. The molecule has 0 bridgehead atoms. The minimum Gasteiger partial charge on any atom is -0.383 e. The molecule has 96 valence electrons. The quantitative estimate of drug-likeness (QED) is 0.835. The monoisotopic (exact) mass is 359 g/mol. The van der Waals surface area contributed by atoms with Gasteiger partial charge >= 0.3 is 0 Å². The maximum Gasteiger partial charge on any atom is 0.136 e. The molecule has 1 unspecified atom stereocenters. The summed E-state index contributed by atoms with van der Waals surface area (Å²) in [5.74, 6) is 0.429. The first-order valence-corrected chi connectivity index (χ1v) is 6.75. The largest absolute Gasteiger partial charge is 0.383 e. The summed E-state index contributed by atoms with van der Waals surface area (Å²) in [6, 6.07) is 5.15. The van der Waals surface area contributed by atoms with Gasteiger partial charge in [0.25, 0.3) is 0 Å². The van der Waals surface area contributed by atoms with E-state index < -0.39 is 0 Å². The van der Waals surface area contributed by atoms with Crippen molar-refractivity contribution in [2.24, 2.45) is 0 Å². The Labute approximate surface area is 119 Å². The van der Waals surface area contributed by atoms with Crippen molar-refractivity contribution in [1.29, 1.82) is 0 Å². The Bertz CT molecular complexity index is 592. The molecule has 2 N–H and O–H groups in total. The number of benzene rings is 1. The van der Waals surface area contributed by atoms with Gasteiger partial charge in [0.05, 0.1) is 15.3 Å². The molecule has 1 aromatic heterocycles. The van der Waals surface area contributed by atoms with Crippen LogP contribution < -0.4 is 5.73 Å². The van der Waals surface area contributed by atoms with Crippen molar-refractivity contribution in [3.05, 3.63) is 44.4 Å². The molecule has 0 aliphatic heterocycles. The molecule has 1 heterocycles. The van der Waals surface area contributed by atoms with E-state index in [4.69, 9.17) is 5.73 Å². The van der Waals surface area contributed by atoms with Crippen LogP contribution in [0.4, 0.5) is 10.2 Å². The highest BCUT2D eigenvalue weighted by molar-refractivity contribution is 14.1. The third-order valence-electron chi connectivity index (χ3n) is 3.09. The number of hydrogen-bond acceptors (Lipinski definition) is 2. The van der Waals surface area contributed by atoms with E-state index >= 15 is 0 Å². The van der Waals surface area contributed by atoms with E-state index in [9.17, 15) is 4.39 Å². The molecule has 3 nitrogen and oxygen atoms in total. The van der Waals surface area contributed by atoms with Crippen LogP contribution in [0.25, 0.3) is 0 Å². The third-order valence-corrected chi connectivity index (χ3v) is 4.43. The molecule has 0 saturated carbocycles. The molecule has 0 spiro atoms. The zero-order chi connectivity index (χ0) is 13.4. The Morgan fingerprint density at radius 3 is 2.56 bits per heavy atom. The topological polar surface area (TPSA) is 43.8 Å². The first kappa shape index (κ1) is 13.3. The van der Waals surface area contributed by atoms with Crippen molar-refractivity contribution >= 4 is 28.4 Å². The highest BCUT2D eigenvalue weighted by Gasteiger charge is 2.16. The number of aromatic nitrogens is 2. The van der Waals surface area contributed by atoms with E-state index in [0.29, 0.717) is 11.4 Å². The Kier molecular flexibility index (Phi) is 3.61. The predicted molar refractivity (Wildman–Crippen MR) is 79.0 cm³/mol. The number of rotatable bonds is 2. The number of anilines is 1. The molecule has 0 fully saturated rings. The van der Waals surface area contributed by atoms with Crippen LogP contribution >= 0.6 is 22.6 Å². The van der Waals surface area contributed by atoms with Gasteiger partial charge in [0.15, 0.2) is 0 Å². The highest BCUT2D eigenvalue weighted by atomic mass is 127. The summed E-state index contributed by atoms with van der Waals surface area (Å²) in [5.41, 5.74) is 8.41. The highest BCUT2D eigenvalue weighted by Crippen LogP contribution is 2.26. The molecule has 0 radical (unpaired) electrons. The zero-order valence-corrected chi connectivity index (χ0v) is 12.7. The molecule has 18 heavy (non-hydrogen) atoms. The standard InChI is InChI=1S/C13H15FIN3/c1-7-4-5-10(6-11(7)14)9(3)18-13(16)12(15)8(2)17-18/h4-6,9H,16H2,1-3H3. The average molecular weight is 359 g/mol. The average Bonchev–Trinajstić information content (AvgIpc) is 2.60. The number of nitrogens with zero attached hydrogens (tertiary/aromatic N) is 2. The molecule has 0 saturated heterocycles. The van der Waals surface area contributed by atoms with Gasteiger partial charge in [-0.2, -0.15) is 5.10 Å². The minimum absolute atomic E-state index is 0.0812. The van der Waals surface area contributed by atoms with Gasteiger partial charge in [0.1, 0.15) is 11.6 Å². The minimum atomic E-state index is -0.198. The van der Waals surface area contributed by atoms with Crippen molar-refractivity contribution in [2.75, 3.05) is 5.73 Å². The molecular formula is C13H15FIN3. The predicted octanol–water partition coefficient (Wildman–Crippen LogP) is 3.44. The van der Waals surface area contributed by atoms with Gasteiger partial charge in [-0.25, -0.2) is 9.07 Å². The van der Waals surface area contributed by atoms with Gasteiger partial charge in [-0.3, -0.25) is 0 Å². The van der Waals surface area contributed by atoms with Crippen LogP contribution in [0.15, 0.2) is 18.2 Å². The van der Waals surface area contributed by atoms with Crippen molar-refractivity contribution < 1.29 is 4.39 Å². The molecule has 0 aliphatic rings. The van der Waals surface area contributed by atoms with Crippen LogP contribution in [0.5, 0.6) is 0 Å². The molecule has 1 atom stereocenters. The lowest BCUT2D eigenvalue weighted by Gasteiger charge is -2.15. The van der Waals surface area contributed by atoms with Gasteiger partial charge in [-0.15, -0.1) is 0 Å². The van der Waals surface area contributed by atoms with Crippen molar-refractivity contribution in [3.8, 4) is 0 Å². The SMILES string of the molecule is Cc1ccc(C(C)n2nc(C)c(I)c2N)cc1F. The molecular weight excluding hydrogens is 344 g/mol. The van der Waals surface area contributed by atoms with E-state index in [1.807, 2.05) is 19.9 Å². The van der Waals surface area contributed by atoms with E-state index in [1.165, 1.54) is 0 Å². The lowest BCUT2D eigenvalue weighted by atomic mass is 10.1. The Balaban J connectivity index is 2.44. The van der Waals surface area contributed by atoms with Crippen molar-refractivity contribution in [2.45, 2.75) is 26.8 Å². The first-order chi connectivity index (χ1) is 8.41. The van der Waals surface area contributed by atoms with Crippen molar-refractivity contribution in [1.82, 2.24) is 9.78 Å². The fourth-order valence-corrected chi connectivity index (χ4v) is 2.21. The second kappa shape index (κ2) is 4.87. The van der Waals surface area contributed by atoms with E-state index in [1.54, 1.807) is 23.7 Å². The maximum atomic E-state index is 13.6. The molecule has 0 amide bonds. The van der Waals surface area contributed by atoms with Gasteiger partial charge in [0.2, 0.25) is 0 Å². The summed E-state index contributed by atoms with van der Waals surface area (Å²) >= 11 is 2.17. The summed E-state index contributed by atoms with van der Waals surface area (Å²) < 4.78 is 16.3. The zero-order valence-electron chi connectivity index (χ0n) is 10.5. The first-order valence-electron chi connectivity index (χ1n) is 5.68. The van der Waals surface area contributed by atoms with E-state index in [0.717, 1.165) is 14.8 Å². The van der Waals surface area contributed by atoms with Gasteiger partial charge in [-0.1, -0.05) is 12.1 Å². The Hall–Kier alpha value is -1.11. The van der Waals surface area contributed by atoms with Crippen molar-refractivity contribution in [3.63, 3.8) is 0 Å². The van der Waals surface area contributed by atoms with Crippen LogP contribution in [0.2, 0.25) is 0 Å². The summed E-state index contributed by atoms with van der Waals surface area (Å²) in [5, 5.41) is 4.40. The van der Waals surface area contributed by atoms with Gasteiger partial charge in [0, 0.05) is 0 Å². The molecule has 2 rings (SSSR count). The number of halogens is 2. The maximum absolute atomic E-state index is 13.6. The fraction of sp³-hybridized carbons (Fsp3) is 0.308. The summed E-state index contributed by atoms with van der Waals surface area (Å²) in [6.45, 7) is 5.62. The molecule has 5 heteroatoms. The summed E-state index contributed by atoms with van der Waals surface area (Å²) in [7, 11) is 0. The number of hydrogen-bond donors (Lipinski definition) is 1. The van der Waals surface area contributed by atoms with E-state index in [2.05, 4.69) is 27.7 Å². The summed E-state index contributed by atoms with van der Waals surface area (Å²) in [6.07, 6.45) is 0. The number of nitrogens with two attached hydrogens (primary N) is 1. The second-order valence-corrected chi connectivity index (χ2v) is 5.49. The normalized spacial score (nSPS) is 12.7. The van der Waals surface area contributed by atoms with E-state index in [-0.39, 0.29) is 11.9 Å². The number of nitrogen functional groups attached to an aromatic ring is 1. The smallest absolute Gasteiger partial charge is 0.136 e. The van der Waals surface area contributed by atoms with Crippen LogP contribution in [0.3, 0.4) is 0 Å². The van der Waals surface area contributed by atoms with Crippen LogP contribution in [-0.2, 0) is 0 Å². The summed E-state index contributed by atoms with van der Waals surface area (Å²) in [4.78, 5) is 0. The lowest BCUT2D eigenvalue weighted by molar-refractivity contribution is 0.558. The second-order valence-electron chi connectivity index (χ2n) is 4.41. The van der Waals surface area contributed by atoms with Gasteiger partial charge in [-0.05, 0) is 60.6 Å². The van der Waals surface area contributed by atoms with Crippen LogP contribution in [-0.4, -0.2) is 9.78 Å². The number of aryl methyl sites for hydroxylation is 2. The van der Waals surface area contributed by atoms with Gasteiger partial charge < -0.3 is 5.73 Å². The lowest BCUT2D eigenvalue weighted by Crippen LogP contribution is -2.12. The Morgan fingerprint density at radius 2 is 2.06 bits per heavy atom. The van der Waals surface area contributed by atoms with Crippen LogP contribution in [0.1, 0.15) is 29.8 Å².